The second-order valence-electron chi connectivity index (χ2n) is 8.03. The normalized spacial score (nSPS) is 14.4. The molecule has 1 fully saturated rings. The Morgan fingerprint density at radius 1 is 1.06 bits per heavy atom. The van der Waals surface area contributed by atoms with E-state index in [9.17, 15) is 18.0 Å². The third kappa shape index (κ3) is 3.78. The van der Waals surface area contributed by atoms with Crippen LogP contribution in [0.25, 0.3) is 22.2 Å². The van der Waals surface area contributed by atoms with Gasteiger partial charge in [-0.1, -0.05) is 18.2 Å². The van der Waals surface area contributed by atoms with Gasteiger partial charge in [0.05, 0.1) is 17.6 Å². The average Bonchev–Trinajstić information content (AvgIpc) is 3.34. The first kappa shape index (κ1) is 21.7. The molecule has 11 heteroatoms. The van der Waals surface area contributed by atoms with Gasteiger partial charge in [-0.25, -0.2) is 19.7 Å². The van der Waals surface area contributed by atoms with E-state index in [0.717, 1.165) is 28.2 Å². The maximum atomic E-state index is 12.9. The number of halogens is 3. The number of fused-ring (bicyclic) bond motifs is 1. The van der Waals surface area contributed by atoms with E-state index in [2.05, 4.69) is 15.0 Å². The van der Waals surface area contributed by atoms with Crippen LogP contribution in [-0.2, 0) is 19.8 Å². The summed E-state index contributed by atoms with van der Waals surface area (Å²) < 4.78 is 40.7. The van der Waals surface area contributed by atoms with E-state index in [1.54, 1.807) is 4.90 Å². The predicted octanol–water partition coefficient (Wildman–Crippen LogP) is 4.07. The van der Waals surface area contributed by atoms with Crippen molar-refractivity contribution in [3.8, 4) is 11.1 Å². The number of nitrogen functional groups attached to an aromatic ring is 1. The Morgan fingerprint density at radius 2 is 1.82 bits per heavy atom. The molecule has 1 aliphatic heterocycles. The maximum absolute atomic E-state index is 12.9. The maximum Gasteiger partial charge on any atom is 0.433 e. The Kier molecular flexibility index (Phi) is 5.11. The third-order valence-electron chi connectivity index (χ3n) is 5.82. The molecule has 4 heterocycles. The van der Waals surface area contributed by atoms with Crippen LogP contribution in [0.2, 0.25) is 0 Å². The molecule has 1 aromatic carbocycles. The van der Waals surface area contributed by atoms with Crippen molar-refractivity contribution in [2.75, 3.05) is 23.7 Å². The van der Waals surface area contributed by atoms with Gasteiger partial charge in [-0.05, 0) is 29.8 Å². The van der Waals surface area contributed by atoms with Gasteiger partial charge in [0.2, 0.25) is 0 Å². The molecule has 34 heavy (non-hydrogen) atoms. The summed E-state index contributed by atoms with van der Waals surface area (Å²) in [5, 5.41) is 0.759. The first-order valence-corrected chi connectivity index (χ1v) is 10.5. The predicted molar refractivity (Wildman–Crippen MR) is 121 cm³/mol. The van der Waals surface area contributed by atoms with Crippen molar-refractivity contribution in [1.29, 1.82) is 0 Å². The number of pyridine rings is 1. The molecule has 0 aliphatic carbocycles. The lowest BCUT2D eigenvalue weighted by Crippen LogP contribution is -2.31. The number of amides is 2. The molecule has 174 valence electrons. The first-order chi connectivity index (χ1) is 16.2. The second kappa shape index (κ2) is 8.01. The van der Waals surface area contributed by atoms with Crippen LogP contribution in [-0.4, -0.2) is 43.5 Å². The quantitative estimate of drug-likeness (QED) is 0.488. The summed E-state index contributed by atoms with van der Waals surface area (Å²) in [5.41, 5.74) is 8.49. The molecular weight excluding hydrogens is 447 g/mol. The first-order valence-electron chi connectivity index (χ1n) is 10.5. The van der Waals surface area contributed by atoms with Crippen molar-refractivity contribution >= 4 is 28.6 Å². The molecular formula is C23H20F3N7O. The molecule has 0 unspecified atom stereocenters. The SMILES string of the molecule is Cn1cc(-c2ccc(N3CCN(Cc4cccc(C(F)(F)F)n4)C3=O)cc2)c2c(N)ncnc21. The van der Waals surface area contributed by atoms with Crippen molar-refractivity contribution in [2.45, 2.75) is 12.7 Å². The number of rotatable bonds is 4. The van der Waals surface area contributed by atoms with E-state index in [4.69, 9.17) is 5.73 Å². The summed E-state index contributed by atoms with van der Waals surface area (Å²) in [5.74, 6) is 0.387. The molecule has 4 aromatic rings. The molecule has 0 atom stereocenters. The molecule has 5 rings (SSSR count). The fourth-order valence-corrected chi connectivity index (χ4v) is 4.16. The minimum absolute atomic E-state index is 0.00657. The largest absolute Gasteiger partial charge is 0.433 e. The Balaban J connectivity index is 1.35. The summed E-state index contributed by atoms with van der Waals surface area (Å²) >= 11 is 0. The van der Waals surface area contributed by atoms with Gasteiger partial charge in [0, 0.05) is 37.6 Å². The van der Waals surface area contributed by atoms with Gasteiger partial charge >= 0.3 is 12.2 Å². The summed E-state index contributed by atoms with van der Waals surface area (Å²) in [7, 11) is 1.88. The van der Waals surface area contributed by atoms with Gasteiger partial charge in [-0.15, -0.1) is 0 Å². The number of aryl methyl sites for hydroxylation is 1. The highest BCUT2D eigenvalue weighted by molar-refractivity contribution is 6.01. The Labute approximate surface area is 192 Å². The molecule has 2 amide bonds. The number of carbonyl (C=O) groups is 1. The highest BCUT2D eigenvalue weighted by atomic mass is 19.4. The van der Waals surface area contributed by atoms with Crippen molar-refractivity contribution in [1.82, 2.24) is 24.4 Å². The van der Waals surface area contributed by atoms with Gasteiger partial charge in [-0.2, -0.15) is 13.2 Å². The van der Waals surface area contributed by atoms with Crippen molar-refractivity contribution in [3.05, 3.63) is 66.4 Å². The molecule has 1 saturated heterocycles. The number of benzene rings is 1. The number of anilines is 2. The van der Waals surface area contributed by atoms with Gasteiger partial charge in [0.1, 0.15) is 23.5 Å². The van der Waals surface area contributed by atoms with Crippen LogP contribution in [0.5, 0.6) is 0 Å². The third-order valence-corrected chi connectivity index (χ3v) is 5.82. The highest BCUT2D eigenvalue weighted by Gasteiger charge is 2.34. The number of nitrogens with zero attached hydrogens (tertiary/aromatic N) is 6. The molecule has 8 nitrogen and oxygen atoms in total. The fourth-order valence-electron chi connectivity index (χ4n) is 4.16. The lowest BCUT2D eigenvalue weighted by atomic mass is 10.1. The number of urea groups is 1. The van der Waals surface area contributed by atoms with Gasteiger partial charge < -0.3 is 15.2 Å². The van der Waals surface area contributed by atoms with Gasteiger partial charge in [0.15, 0.2) is 0 Å². The molecule has 0 saturated carbocycles. The van der Waals surface area contributed by atoms with Gasteiger partial charge in [-0.3, -0.25) is 4.90 Å². The number of carbonyl (C=O) groups excluding carboxylic acids is 1. The van der Waals surface area contributed by atoms with E-state index >= 15 is 0 Å². The monoisotopic (exact) mass is 467 g/mol. The Bertz CT molecular complexity index is 1380. The lowest BCUT2D eigenvalue weighted by Gasteiger charge is -2.19. The standard InChI is InChI=1S/C23H20F3N7O/c1-31-12-17(19-20(27)28-13-29-21(19)31)14-5-7-16(8-6-14)33-10-9-32(22(33)34)11-15-3-2-4-18(30-15)23(24,25)26/h2-8,12-13H,9-11H2,1H3,(H2,27,28,29). The zero-order chi connectivity index (χ0) is 24.0. The van der Waals surface area contributed by atoms with Gasteiger partial charge in [0.25, 0.3) is 0 Å². The fraction of sp³-hybridized carbons (Fsp3) is 0.217. The minimum atomic E-state index is -4.53. The summed E-state index contributed by atoms with van der Waals surface area (Å²) in [4.78, 5) is 28.0. The zero-order valence-electron chi connectivity index (χ0n) is 18.1. The number of hydrogen-bond donors (Lipinski definition) is 1. The van der Waals surface area contributed by atoms with Crippen molar-refractivity contribution in [3.63, 3.8) is 0 Å². The minimum Gasteiger partial charge on any atom is -0.383 e. The summed E-state index contributed by atoms with van der Waals surface area (Å²) in [6, 6.07) is 10.9. The smallest absolute Gasteiger partial charge is 0.383 e. The molecule has 0 radical (unpaired) electrons. The number of hydrogen-bond acceptors (Lipinski definition) is 5. The van der Waals surface area contributed by atoms with Crippen LogP contribution >= 0.6 is 0 Å². The van der Waals surface area contributed by atoms with Crippen LogP contribution < -0.4 is 10.6 Å². The molecule has 3 aromatic heterocycles. The van der Waals surface area contributed by atoms with Crippen LogP contribution in [0.4, 0.5) is 29.5 Å². The van der Waals surface area contributed by atoms with E-state index < -0.39 is 11.9 Å². The number of alkyl halides is 3. The molecule has 2 N–H and O–H groups in total. The van der Waals surface area contributed by atoms with E-state index in [1.807, 2.05) is 42.1 Å². The van der Waals surface area contributed by atoms with E-state index in [1.165, 1.54) is 23.4 Å². The van der Waals surface area contributed by atoms with E-state index in [-0.39, 0.29) is 18.3 Å². The Morgan fingerprint density at radius 3 is 2.56 bits per heavy atom. The highest BCUT2D eigenvalue weighted by Crippen LogP contribution is 2.33. The average molecular weight is 467 g/mol. The topological polar surface area (TPSA) is 93.2 Å². The molecule has 0 bridgehead atoms. The molecule has 1 aliphatic rings. The second-order valence-corrected chi connectivity index (χ2v) is 8.03. The van der Waals surface area contributed by atoms with Crippen LogP contribution in [0.3, 0.4) is 0 Å². The van der Waals surface area contributed by atoms with Crippen LogP contribution in [0.15, 0.2) is 55.0 Å². The zero-order valence-corrected chi connectivity index (χ0v) is 18.1. The van der Waals surface area contributed by atoms with Crippen LogP contribution in [0.1, 0.15) is 11.4 Å². The Hall–Kier alpha value is -4.15. The summed E-state index contributed by atoms with van der Waals surface area (Å²) in [6.45, 7) is 0.814. The summed E-state index contributed by atoms with van der Waals surface area (Å²) in [6.07, 6.45) is -1.18. The van der Waals surface area contributed by atoms with Crippen LogP contribution in [0, 0.1) is 0 Å². The van der Waals surface area contributed by atoms with E-state index in [0.29, 0.717) is 24.6 Å². The number of nitrogens with two attached hydrogens (primary N) is 1. The van der Waals surface area contributed by atoms with Crippen molar-refractivity contribution < 1.29 is 18.0 Å². The molecule has 0 spiro atoms. The number of aromatic nitrogens is 4. The lowest BCUT2D eigenvalue weighted by molar-refractivity contribution is -0.141. The van der Waals surface area contributed by atoms with Crippen molar-refractivity contribution in [2.24, 2.45) is 7.05 Å².